The normalized spacial score (nSPS) is 9.60. The first-order valence-corrected chi connectivity index (χ1v) is 4.74. The third-order valence-electron chi connectivity index (χ3n) is 2.04. The highest BCUT2D eigenvalue weighted by Gasteiger charge is 2.17. The fraction of sp³-hybridized carbons (Fsp3) is 0.300. The van der Waals surface area contributed by atoms with Crippen LogP contribution in [0.25, 0.3) is 0 Å². The monoisotopic (exact) mass is 228 g/mol. The summed E-state index contributed by atoms with van der Waals surface area (Å²) >= 11 is 0. The fourth-order valence-corrected chi connectivity index (χ4v) is 1.44. The molecule has 1 aromatic rings. The molecule has 5 heteroatoms. The molecule has 82 valence electrons. The van der Waals surface area contributed by atoms with E-state index in [1.54, 1.807) is 26.2 Å². The Morgan fingerprint density at radius 1 is 1.27 bits per heavy atom. The molecule has 0 aromatic heterocycles. The molecule has 4 nitrogen and oxygen atoms in total. The molecule has 0 radical (unpaired) electrons. The number of ether oxygens (including phenoxy) is 2. The Bertz CT molecular complexity index is 376. The molecular weight excluding hydrogens is 215 g/mol. The van der Waals surface area contributed by atoms with Crippen molar-refractivity contribution in [2.45, 2.75) is 6.92 Å². The van der Waals surface area contributed by atoms with Gasteiger partial charge in [0.2, 0.25) is 0 Å². The number of hydrogen-bond acceptors (Lipinski definition) is 4. The maximum absolute atomic E-state index is 11.4. The van der Waals surface area contributed by atoms with E-state index < -0.39 is 5.97 Å². The predicted molar refractivity (Wildman–Crippen MR) is 59.4 cm³/mol. The quantitative estimate of drug-likeness (QED) is 0.742. The first kappa shape index (κ1) is 11.8. The number of carbonyl (C=O) groups is 1. The standard InChI is InChI=1S/C10H13O4P/c1-6-4-7(12-2)5-8(13-3)9(6)10(11)14-15/h4-5H,15H2,1-3H3. The lowest BCUT2D eigenvalue weighted by molar-refractivity contribution is 0.0761. The van der Waals surface area contributed by atoms with Crippen LogP contribution in [0.5, 0.6) is 11.5 Å². The second-order valence-electron chi connectivity index (χ2n) is 2.93. The summed E-state index contributed by atoms with van der Waals surface area (Å²) in [5.74, 6) is 0.640. The zero-order chi connectivity index (χ0) is 11.4. The number of benzene rings is 1. The molecule has 0 N–H and O–H groups in total. The molecule has 0 aliphatic rings. The summed E-state index contributed by atoms with van der Waals surface area (Å²) in [4.78, 5) is 11.4. The molecule has 0 bridgehead atoms. The molecule has 0 amide bonds. The number of rotatable bonds is 3. The van der Waals surface area contributed by atoms with Crippen molar-refractivity contribution in [3.8, 4) is 11.5 Å². The lowest BCUT2D eigenvalue weighted by Crippen LogP contribution is -2.04. The van der Waals surface area contributed by atoms with Crippen molar-refractivity contribution < 1.29 is 18.8 Å². The molecule has 15 heavy (non-hydrogen) atoms. The van der Waals surface area contributed by atoms with Gasteiger partial charge in [0, 0.05) is 6.07 Å². The third-order valence-corrected chi connectivity index (χ3v) is 2.25. The summed E-state index contributed by atoms with van der Waals surface area (Å²) in [5, 5.41) is 0. The smallest absolute Gasteiger partial charge is 0.344 e. The third kappa shape index (κ3) is 2.39. The minimum atomic E-state index is -0.447. The molecule has 1 aromatic carbocycles. The summed E-state index contributed by atoms with van der Waals surface area (Å²) in [6, 6.07) is 3.39. The van der Waals surface area contributed by atoms with Crippen LogP contribution in [0.4, 0.5) is 0 Å². The Balaban J connectivity index is 3.30. The zero-order valence-corrected chi connectivity index (χ0v) is 10.0. The molecule has 0 saturated heterocycles. The average Bonchev–Trinajstić information content (AvgIpc) is 2.26. The maximum Gasteiger partial charge on any atom is 0.344 e. The Morgan fingerprint density at radius 2 is 1.93 bits per heavy atom. The number of aryl methyl sites for hydroxylation is 1. The minimum Gasteiger partial charge on any atom is -0.497 e. The lowest BCUT2D eigenvalue weighted by atomic mass is 10.1. The second kappa shape index (κ2) is 4.99. The average molecular weight is 228 g/mol. The predicted octanol–water partition coefficient (Wildman–Crippen LogP) is 1.96. The van der Waals surface area contributed by atoms with Gasteiger partial charge in [0.05, 0.1) is 23.7 Å². The molecule has 1 unspecified atom stereocenters. The highest BCUT2D eigenvalue weighted by Crippen LogP contribution is 2.29. The van der Waals surface area contributed by atoms with Gasteiger partial charge in [-0.05, 0) is 18.6 Å². The summed E-state index contributed by atoms with van der Waals surface area (Å²) in [5.41, 5.74) is 1.16. The van der Waals surface area contributed by atoms with Gasteiger partial charge in [0.25, 0.3) is 0 Å². The summed E-state index contributed by atoms with van der Waals surface area (Å²) in [7, 11) is 4.97. The van der Waals surface area contributed by atoms with Crippen LogP contribution in [0.15, 0.2) is 12.1 Å². The van der Waals surface area contributed by atoms with Gasteiger partial charge in [-0.25, -0.2) is 4.79 Å². The van der Waals surface area contributed by atoms with Gasteiger partial charge in [0.1, 0.15) is 17.1 Å². The summed E-state index contributed by atoms with van der Waals surface area (Å²) in [6.07, 6.45) is 0. The van der Waals surface area contributed by atoms with E-state index in [1.807, 2.05) is 9.47 Å². The van der Waals surface area contributed by atoms with E-state index in [9.17, 15) is 4.79 Å². The van der Waals surface area contributed by atoms with Gasteiger partial charge in [-0.2, -0.15) is 0 Å². The van der Waals surface area contributed by atoms with Crippen molar-refractivity contribution in [3.63, 3.8) is 0 Å². The molecule has 0 aliphatic carbocycles. The van der Waals surface area contributed by atoms with Crippen LogP contribution in [-0.4, -0.2) is 20.2 Å². The van der Waals surface area contributed by atoms with Crippen LogP contribution < -0.4 is 9.47 Å². The van der Waals surface area contributed by atoms with E-state index in [0.717, 1.165) is 5.56 Å². The second-order valence-corrected chi connectivity index (χ2v) is 3.16. The number of hydrogen-bond donors (Lipinski definition) is 0. The van der Waals surface area contributed by atoms with Gasteiger partial charge >= 0.3 is 5.97 Å². The van der Waals surface area contributed by atoms with Crippen LogP contribution in [0.2, 0.25) is 0 Å². The number of methoxy groups -OCH3 is 2. The SMILES string of the molecule is COc1cc(C)c(C(=O)OP)c(OC)c1. The van der Waals surface area contributed by atoms with Gasteiger partial charge in [0.15, 0.2) is 0 Å². The van der Waals surface area contributed by atoms with E-state index in [-0.39, 0.29) is 0 Å². The van der Waals surface area contributed by atoms with Crippen molar-refractivity contribution in [1.29, 1.82) is 0 Å². The Kier molecular flexibility index (Phi) is 3.92. The van der Waals surface area contributed by atoms with Gasteiger partial charge < -0.3 is 14.0 Å². The van der Waals surface area contributed by atoms with E-state index in [1.165, 1.54) is 7.11 Å². The Morgan fingerprint density at radius 3 is 2.40 bits per heavy atom. The molecule has 0 spiro atoms. The molecular formula is C10H13O4P. The molecule has 0 aliphatic heterocycles. The summed E-state index contributed by atoms with van der Waals surface area (Å²) in [6.45, 7) is 1.79. The van der Waals surface area contributed by atoms with Crippen LogP contribution in [-0.2, 0) is 4.52 Å². The van der Waals surface area contributed by atoms with Crippen LogP contribution >= 0.6 is 9.47 Å². The minimum absolute atomic E-state index is 0.410. The zero-order valence-electron chi connectivity index (χ0n) is 8.87. The van der Waals surface area contributed by atoms with Crippen molar-refractivity contribution in [1.82, 2.24) is 0 Å². The van der Waals surface area contributed by atoms with E-state index in [2.05, 4.69) is 4.52 Å². The van der Waals surface area contributed by atoms with Crippen molar-refractivity contribution >= 4 is 15.4 Å². The number of carbonyl (C=O) groups excluding carboxylic acids is 1. The van der Waals surface area contributed by atoms with Crippen LogP contribution in [0.1, 0.15) is 15.9 Å². The van der Waals surface area contributed by atoms with Gasteiger partial charge in [-0.15, -0.1) is 0 Å². The Labute approximate surface area is 90.8 Å². The highest BCUT2D eigenvalue weighted by atomic mass is 31.0. The maximum atomic E-state index is 11.4. The van der Waals surface area contributed by atoms with Crippen LogP contribution in [0, 0.1) is 6.92 Å². The Hall–Kier alpha value is -1.28. The van der Waals surface area contributed by atoms with E-state index in [0.29, 0.717) is 17.1 Å². The van der Waals surface area contributed by atoms with E-state index in [4.69, 9.17) is 9.47 Å². The fourth-order valence-electron chi connectivity index (χ4n) is 1.32. The molecule has 0 fully saturated rings. The van der Waals surface area contributed by atoms with Crippen molar-refractivity contribution in [2.24, 2.45) is 0 Å². The lowest BCUT2D eigenvalue weighted by Gasteiger charge is -2.11. The molecule has 0 saturated carbocycles. The van der Waals surface area contributed by atoms with Crippen LogP contribution in [0.3, 0.4) is 0 Å². The largest absolute Gasteiger partial charge is 0.497 e. The topological polar surface area (TPSA) is 44.8 Å². The van der Waals surface area contributed by atoms with Gasteiger partial charge in [-0.1, -0.05) is 0 Å². The highest BCUT2D eigenvalue weighted by molar-refractivity contribution is 7.10. The van der Waals surface area contributed by atoms with Crippen molar-refractivity contribution in [2.75, 3.05) is 14.2 Å². The first-order chi connectivity index (χ1) is 7.13. The van der Waals surface area contributed by atoms with Crippen molar-refractivity contribution in [3.05, 3.63) is 23.3 Å². The molecule has 1 atom stereocenters. The molecule has 0 heterocycles. The molecule has 1 rings (SSSR count). The first-order valence-electron chi connectivity index (χ1n) is 4.27. The van der Waals surface area contributed by atoms with Gasteiger partial charge in [-0.3, -0.25) is 0 Å². The van der Waals surface area contributed by atoms with E-state index >= 15 is 0 Å². The summed E-state index contributed by atoms with van der Waals surface area (Å²) < 4.78 is 14.8.